The summed E-state index contributed by atoms with van der Waals surface area (Å²) >= 11 is 0. The van der Waals surface area contributed by atoms with Gasteiger partial charge in [-0.2, -0.15) is 5.10 Å². The van der Waals surface area contributed by atoms with Gasteiger partial charge in [0.1, 0.15) is 5.82 Å². The molecule has 1 aliphatic heterocycles. The van der Waals surface area contributed by atoms with E-state index in [0.29, 0.717) is 6.42 Å². The fourth-order valence-corrected chi connectivity index (χ4v) is 5.43. The second-order valence-electron chi connectivity index (χ2n) is 7.20. The highest BCUT2D eigenvalue weighted by Crippen LogP contribution is 2.23. The molecule has 2 aromatic rings. The van der Waals surface area contributed by atoms with Gasteiger partial charge in [-0.15, -0.1) is 0 Å². The van der Waals surface area contributed by atoms with Crippen molar-refractivity contribution in [1.29, 1.82) is 0 Å². The molecule has 1 N–H and O–H groups in total. The van der Waals surface area contributed by atoms with E-state index in [4.69, 9.17) is 0 Å². The van der Waals surface area contributed by atoms with Gasteiger partial charge in [-0.1, -0.05) is 0 Å². The minimum Gasteiger partial charge on any atom is -0.346 e. The maximum Gasteiger partial charge on any atom is 0.244 e. The molecular formula is C19H22FN3O3S. The number of sulfone groups is 1. The van der Waals surface area contributed by atoms with Crippen molar-refractivity contribution in [3.05, 3.63) is 53.1 Å². The molecule has 0 radical (unpaired) electrons. The molecule has 6 nitrogen and oxygen atoms in total. The van der Waals surface area contributed by atoms with Gasteiger partial charge in [-0.05, 0) is 57.5 Å². The third kappa shape index (κ3) is 4.27. The van der Waals surface area contributed by atoms with E-state index in [0.717, 1.165) is 22.6 Å². The number of carbonyl (C=O) groups excluding carboxylic acids is 1. The Kier molecular flexibility index (Phi) is 4.94. The molecule has 1 unspecified atom stereocenters. The Morgan fingerprint density at radius 1 is 1.30 bits per heavy atom. The molecule has 1 fully saturated rings. The van der Waals surface area contributed by atoms with Gasteiger partial charge in [0.15, 0.2) is 9.84 Å². The molecule has 1 aromatic heterocycles. The number of aromatic nitrogens is 2. The van der Waals surface area contributed by atoms with Crippen molar-refractivity contribution >= 4 is 21.8 Å². The number of hydrogen-bond acceptors (Lipinski definition) is 4. The van der Waals surface area contributed by atoms with Crippen LogP contribution in [0.2, 0.25) is 0 Å². The molecule has 1 aromatic carbocycles. The van der Waals surface area contributed by atoms with Crippen LogP contribution in [-0.4, -0.2) is 41.2 Å². The molecule has 3 rings (SSSR count). The zero-order chi connectivity index (χ0) is 19.8. The smallest absolute Gasteiger partial charge is 0.244 e. The van der Waals surface area contributed by atoms with Crippen molar-refractivity contribution in [2.45, 2.75) is 32.7 Å². The topological polar surface area (TPSA) is 81.1 Å². The number of benzene rings is 1. The summed E-state index contributed by atoms with van der Waals surface area (Å²) < 4.78 is 38.1. The molecule has 8 heteroatoms. The van der Waals surface area contributed by atoms with E-state index in [9.17, 15) is 17.6 Å². The summed E-state index contributed by atoms with van der Waals surface area (Å²) in [6, 6.07) is 6.00. The van der Waals surface area contributed by atoms with Crippen molar-refractivity contribution in [3.63, 3.8) is 0 Å². The van der Waals surface area contributed by atoms with E-state index in [1.54, 1.807) is 29.8 Å². The van der Waals surface area contributed by atoms with Crippen LogP contribution < -0.4 is 5.32 Å². The summed E-state index contributed by atoms with van der Waals surface area (Å²) in [4.78, 5) is 12.3. The number of nitrogens with one attached hydrogen (secondary N) is 1. The monoisotopic (exact) mass is 391 g/mol. The van der Waals surface area contributed by atoms with Gasteiger partial charge in [0.2, 0.25) is 5.91 Å². The number of aryl methyl sites for hydroxylation is 1. The molecule has 1 amide bonds. The van der Waals surface area contributed by atoms with E-state index in [1.807, 2.05) is 13.8 Å². The normalized spacial score (nSPS) is 21.6. The van der Waals surface area contributed by atoms with E-state index in [-0.39, 0.29) is 23.2 Å². The molecule has 27 heavy (non-hydrogen) atoms. The quantitative estimate of drug-likeness (QED) is 0.811. The second-order valence-corrected chi connectivity index (χ2v) is 9.38. The van der Waals surface area contributed by atoms with E-state index in [1.165, 1.54) is 18.2 Å². The Hall–Kier alpha value is -2.48. The molecule has 1 saturated heterocycles. The Balaban J connectivity index is 1.77. The summed E-state index contributed by atoms with van der Waals surface area (Å²) in [6.45, 7) is 5.44. The van der Waals surface area contributed by atoms with Crippen LogP contribution in [0.3, 0.4) is 0 Å². The lowest BCUT2D eigenvalue weighted by Gasteiger charge is -2.22. The van der Waals surface area contributed by atoms with Crippen LogP contribution in [0.4, 0.5) is 4.39 Å². The molecule has 144 valence electrons. The van der Waals surface area contributed by atoms with Crippen LogP contribution >= 0.6 is 0 Å². The largest absolute Gasteiger partial charge is 0.346 e. The highest BCUT2D eigenvalue weighted by molar-refractivity contribution is 7.91. The van der Waals surface area contributed by atoms with Crippen LogP contribution in [0.25, 0.3) is 11.8 Å². The average Bonchev–Trinajstić information content (AvgIpc) is 3.01. The van der Waals surface area contributed by atoms with E-state index in [2.05, 4.69) is 10.4 Å². The number of rotatable bonds is 4. The minimum atomic E-state index is -3.09. The molecule has 1 atom stereocenters. The first-order valence-corrected chi connectivity index (χ1v) is 10.4. The van der Waals surface area contributed by atoms with Gasteiger partial charge < -0.3 is 5.32 Å². The first kappa shape index (κ1) is 19.3. The third-order valence-corrected chi connectivity index (χ3v) is 6.65. The number of nitrogens with zero attached hydrogens (tertiary/aromatic N) is 2. The van der Waals surface area contributed by atoms with Crippen molar-refractivity contribution in [2.75, 3.05) is 11.5 Å². The number of halogens is 1. The lowest BCUT2D eigenvalue weighted by Crippen LogP contribution is -2.46. The lowest BCUT2D eigenvalue weighted by atomic mass is 10.0. The van der Waals surface area contributed by atoms with E-state index < -0.39 is 15.4 Å². The fraction of sp³-hybridized carbons (Fsp3) is 0.368. The highest BCUT2D eigenvalue weighted by atomic mass is 32.2. The Bertz CT molecular complexity index is 1010. The minimum absolute atomic E-state index is 0.0415. The van der Waals surface area contributed by atoms with E-state index >= 15 is 0 Å². The Morgan fingerprint density at radius 2 is 1.96 bits per heavy atom. The highest BCUT2D eigenvalue weighted by Gasteiger charge is 2.39. The molecule has 0 bridgehead atoms. The predicted octanol–water partition coefficient (Wildman–Crippen LogP) is 2.33. The summed E-state index contributed by atoms with van der Waals surface area (Å²) in [7, 11) is -3.09. The van der Waals surface area contributed by atoms with Gasteiger partial charge in [0.05, 0.1) is 28.4 Å². The lowest BCUT2D eigenvalue weighted by molar-refractivity contribution is -0.117. The van der Waals surface area contributed by atoms with Gasteiger partial charge >= 0.3 is 0 Å². The summed E-state index contributed by atoms with van der Waals surface area (Å²) in [6.07, 6.45) is 3.47. The van der Waals surface area contributed by atoms with Crippen LogP contribution in [-0.2, 0) is 14.6 Å². The van der Waals surface area contributed by atoms with Gasteiger partial charge in [0.25, 0.3) is 0 Å². The Morgan fingerprint density at radius 3 is 2.56 bits per heavy atom. The second kappa shape index (κ2) is 6.92. The molecular weight excluding hydrogens is 369 g/mol. The summed E-state index contributed by atoms with van der Waals surface area (Å²) in [5.41, 5.74) is 2.33. The van der Waals surface area contributed by atoms with Gasteiger partial charge in [0, 0.05) is 17.3 Å². The van der Waals surface area contributed by atoms with Gasteiger partial charge in [-0.25, -0.2) is 17.5 Å². The molecule has 2 heterocycles. The zero-order valence-electron chi connectivity index (χ0n) is 15.5. The zero-order valence-corrected chi connectivity index (χ0v) is 16.3. The standard InChI is InChI=1S/C19H22FN3O3S/c1-13-17(14(2)23(22-13)16-6-4-15(20)5-7-16)8-9-18(24)21-19(3)10-11-27(25,26)12-19/h4-9H,10-12H2,1-3H3,(H,21,24)/b9-8+. The Labute approximate surface area is 158 Å². The van der Waals surface area contributed by atoms with Crippen LogP contribution in [0.1, 0.15) is 30.3 Å². The number of amides is 1. The number of hydrogen-bond donors (Lipinski definition) is 1. The SMILES string of the molecule is Cc1nn(-c2ccc(F)cc2)c(C)c1/C=C/C(=O)NC1(C)CCS(=O)(=O)C1. The predicted molar refractivity (Wildman–Crippen MR) is 102 cm³/mol. The van der Waals surface area contributed by atoms with Crippen LogP contribution in [0.5, 0.6) is 0 Å². The van der Waals surface area contributed by atoms with Crippen LogP contribution in [0.15, 0.2) is 30.3 Å². The molecule has 0 saturated carbocycles. The molecule has 0 aliphatic carbocycles. The fourth-order valence-electron chi connectivity index (χ4n) is 3.34. The first-order valence-electron chi connectivity index (χ1n) is 8.61. The van der Waals surface area contributed by atoms with Crippen LogP contribution in [0, 0.1) is 19.7 Å². The maximum atomic E-state index is 13.1. The molecule has 1 aliphatic rings. The third-order valence-electron chi connectivity index (χ3n) is 4.75. The molecule has 0 spiro atoms. The maximum absolute atomic E-state index is 13.1. The summed E-state index contributed by atoms with van der Waals surface area (Å²) in [5.74, 6) is -0.613. The first-order chi connectivity index (χ1) is 12.6. The van der Waals surface area contributed by atoms with Crippen molar-refractivity contribution in [2.24, 2.45) is 0 Å². The summed E-state index contributed by atoms with van der Waals surface area (Å²) in [5, 5.41) is 7.25. The number of carbonyl (C=O) groups is 1. The van der Waals surface area contributed by atoms with Gasteiger partial charge in [-0.3, -0.25) is 4.79 Å². The van der Waals surface area contributed by atoms with Crippen molar-refractivity contribution in [1.82, 2.24) is 15.1 Å². The average molecular weight is 391 g/mol. The van der Waals surface area contributed by atoms with Crippen molar-refractivity contribution < 1.29 is 17.6 Å². The van der Waals surface area contributed by atoms with Crippen molar-refractivity contribution in [3.8, 4) is 5.69 Å².